The summed E-state index contributed by atoms with van der Waals surface area (Å²) < 4.78 is 0. The molecule has 1 aromatic rings. The van der Waals surface area contributed by atoms with Crippen LogP contribution >= 0.6 is 0 Å². The molecule has 82 valence electrons. The first-order valence-electron chi connectivity index (χ1n) is 5.01. The van der Waals surface area contributed by atoms with Crippen molar-refractivity contribution in [3.8, 4) is 5.75 Å². The maximum absolute atomic E-state index is 10.8. The molecule has 0 aliphatic heterocycles. The zero-order valence-electron chi connectivity index (χ0n) is 8.90. The lowest BCUT2D eigenvalue weighted by molar-refractivity contribution is 0.0696. The molecule has 0 fully saturated rings. The highest BCUT2D eigenvalue weighted by Crippen LogP contribution is 2.29. The van der Waals surface area contributed by atoms with Crippen molar-refractivity contribution in [2.24, 2.45) is 0 Å². The van der Waals surface area contributed by atoms with Gasteiger partial charge in [-0.2, -0.15) is 0 Å². The Hall–Kier alpha value is -2.03. The second kappa shape index (κ2) is 3.85. The van der Waals surface area contributed by atoms with Crippen LogP contribution in [0.1, 0.15) is 28.4 Å². The molecular weight excluding hydrogens is 204 g/mol. The number of benzene rings is 1. The number of phenolic OH excluding ortho intramolecular Hbond substituents is 1. The maximum atomic E-state index is 10.8. The molecule has 3 heteroatoms. The third-order valence-corrected chi connectivity index (χ3v) is 2.62. The van der Waals surface area contributed by atoms with Crippen LogP contribution in [-0.4, -0.2) is 16.2 Å². The molecule has 0 unspecified atom stereocenters. The Labute approximate surface area is 93.4 Å². The van der Waals surface area contributed by atoms with E-state index in [2.05, 4.69) is 0 Å². The normalized spacial score (nSPS) is 13.9. The van der Waals surface area contributed by atoms with E-state index >= 15 is 0 Å². The number of hydrogen-bond donors (Lipinski definition) is 2. The first kappa shape index (κ1) is 10.5. The average molecular weight is 216 g/mol. The topological polar surface area (TPSA) is 57.5 Å². The molecule has 1 aromatic carbocycles. The Morgan fingerprint density at radius 2 is 2.12 bits per heavy atom. The quantitative estimate of drug-likeness (QED) is 0.758. The van der Waals surface area contributed by atoms with Crippen molar-refractivity contribution in [3.63, 3.8) is 0 Å². The van der Waals surface area contributed by atoms with E-state index in [-0.39, 0.29) is 11.3 Å². The van der Waals surface area contributed by atoms with Crippen LogP contribution in [0.25, 0.3) is 6.08 Å². The van der Waals surface area contributed by atoms with E-state index in [1.54, 1.807) is 6.07 Å². The number of aromatic hydroxyl groups is 1. The lowest BCUT2D eigenvalue weighted by Crippen LogP contribution is -1.99. The van der Waals surface area contributed by atoms with Gasteiger partial charge in [0, 0.05) is 5.56 Å². The molecule has 0 amide bonds. The highest BCUT2D eigenvalue weighted by Gasteiger charge is 2.13. The lowest BCUT2D eigenvalue weighted by atomic mass is 9.98. The number of fused-ring (bicyclic) bond motifs is 1. The predicted molar refractivity (Wildman–Crippen MR) is 61.6 cm³/mol. The van der Waals surface area contributed by atoms with Crippen molar-refractivity contribution in [2.75, 3.05) is 0 Å². The minimum absolute atomic E-state index is 0.0502. The van der Waals surface area contributed by atoms with Gasteiger partial charge in [0.2, 0.25) is 0 Å². The van der Waals surface area contributed by atoms with E-state index in [1.165, 1.54) is 6.07 Å². The Kier molecular flexibility index (Phi) is 2.52. The van der Waals surface area contributed by atoms with Gasteiger partial charge in [0.15, 0.2) is 0 Å². The van der Waals surface area contributed by atoms with Crippen LogP contribution in [0.4, 0.5) is 0 Å². The van der Waals surface area contributed by atoms with Gasteiger partial charge in [-0.15, -0.1) is 0 Å². The summed E-state index contributed by atoms with van der Waals surface area (Å²) in [5.74, 6) is -0.977. The number of carboxylic acids is 1. The maximum Gasteiger partial charge on any atom is 0.335 e. The summed E-state index contributed by atoms with van der Waals surface area (Å²) in [7, 11) is 0. The van der Waals surface area contributed by atoms with Crippen molar-refractivity contribution in [1.82, 2.24) is 0 Å². The van der Waals surface area contributed by atoms with E-state index in [0.29, 0.717) is 6.42 Å². The van der Waals surface area contributed by atoms with Crippen LogP contribution in [0.2, 0.25) is 0 Å². The molecule has 0 spiro atoms. The second-order valence-electron chi connectivity index (χ2n) is 3.92. The van der Waals surface area contributed by atoms with E-state index in [1.807, 2.05) is 25.2 Å². The van der Waals surface area contributed by atoms with Gasteiger partial charge in [0.25, 0.3) is 0 Å². The zero-order chi connectivity index (χ0) is 11.7. The van der Waals surface area contributed by atoms with Gasteiger partial charge in [0.05, 0.1) is 5.56 Å². The average Bonchev–Trinajstić information content (AvgIpc) is 2.39. The molecule has 0 atom stereocenters. The molecule has 2 rings (SSSR count). The smallest absolute Gasteiger partial charge is 0.335 e. The number of carbonyl (C=O) groups is 1. The summed E-state index contributed by atoms with van der Waals surface area (Å²) in [6, 6.07) is 2.88. The number of allylic oxidation sites excluding steroid dienone is 3. The minimum Gasteiger partial charge on any atom is -0.508 e. The molecule has 0 aromatic heterocycles. The van der Waals surface area contributed by atoms with Crippen molar-refractivity contribution >= 4 is 12.0 Å². The van der Waals surface area contributed by atoms with E-state index in [0.717, 1.165) is 16.7 Å². The van der Waals surface area contributed by atoms with E-state index in [9.17, 15) is 9.90 Å². The molecule has 0 saturated heterocycles. The number of aromatic carboxylic acids is 1. The van der Waals surface area contributed by atoms with Gasteiger partial charge in [-0.25, -0.2) is 4.79 Å². The monoisotopic (exact) mass is 216 g/mol. The van der Waals surface area contributed by atoms with Crippen LogP contribution in [0.15, 0.2) is 29.9 Å². The summed E-state index contributed by atoms with van der Waals surface area (Å²) >= 11 is 0. The molecule has 1 aliphatic carbocycles. The zero-order valence-corrected chi connectivity index (χ0v) is 8.90. The molecule has 0 bridgehead atoms. The van der Waals surface area contributed by atoms with Gasteiger partial charge >= 0.3 is 5.97 Å². The van der Waals surface area contributed by atoms with Crippen LogP contribution in [-0.2, 0) is 6.42 Å². The fourth-order valence-corrected chi connectivity index (χ4v) is 1.80. The Balaban J connectivity index is 2.59. The molecule has 0 radical (unpaired) electrons. The van der Waals surface area contributed by atoms with Crippen molar-refractivity contribution in [1.29, 1.82) is 0 Å². The lowest BCUT2D eigenvalue weighted by Gasteiger charge is -2.09. The minimum atomic E-state index is -1.03. The number of carboxylic acid groups (broad SMARTS) is 1. The summed E-state index contributed by atoms with van der Waals surface area (Å²) in [6.07, 6.45) is 6.29. The molecule has 16 heavy (non-hydrogen) atoms. The Morgan fingerprint density at radius 3 is 2.81 bits per heavy atom. The van der Waals surface area contributed by atoms with Gasteiger partial charge < -0.3 is 10.2 Å². The first-order chi connectivity index (χ1) is 7.58. The molecular formula is C13H12O3. The van der Waals surface area contributed by atoms with Crippen LogP contribution in [0.3, 0.4) is 0 Å². The van der Waals surface area contributed by atoms with Crippen molar-refractivity contribution in [3.05, 3.63) is 46.5 Å². The summed E-state index contributed by atoms with van der Waals surface area (Å²) in [5, 5.41) is 18.7. The third-order valence-electron chi connectivity index (χ3n) is 2.62. The standard InChI is InChI=1S/C13H12O3/c1-8-3-2-4-9-6-10(13(15)16)7-12(14)11(9)5-8/h2-4,6-7,14H,5H2,1H3,(H,15,16). The summed E-state index contributed by atoms with van der Waals surface area (Å²) in [4.78, 5) is 10.8. The van der Waals surface area contributed by atoms with Gasteiger partial charge in [-0.05, 0) is 31.0 Å². The Morgan fingerprint density at radius 1 is 1.38 bits per heavy atom. The highest BCUT2D eigenvalue weighted by molar-refractivity contribution is 5.89. The molecule has 0 heterocycles. The molecule has 0 saturated carbocycles. The van der Waals surface area contributed by atoms with Crippen LogP contribution < -0.4 is 0 Å². The van der Waals surface area contributed by atoms with Gasteiger partial charge in [0.1, 0.15) is 5.75 Å². The highest BCUT2D eigenvalue weighted by atomic mass is 16.4. The van der Waals surface area contributed by atoms with Crippen LogP contribution in [0.5, 0.6) is 5.75 Å². The number of rotatable bonds is 1. The summed E-state index contributed by atoms with van der Waals surface area (Å²) in [5.41, 5.74) is 2.80. The number of hydrogen-bond acceptors (Lipinski definition) is 2. The molecule has 3 nitrogen and oxygen atoms in total. The molecule has 1 aliphatic rings. The Bertz CT molecular complexity index is 510. The van der Waals surface area contributed by atoms with E-state index < -0.39 is 5.97 Å². The predicted octanol–water partition coefficient (Wildman–Crippen LogP) is 2.61. The van der Waals surface area contributed by atoms with Crippen LogP contribution in [0, 0.1) is 0 Å². The van der Waals surface area contributed by atoms with Gasteiger partial charge in [-0.3, -0.25) is 0 Å². The fourth-order valence-electron chi connectivity index (χ4n) is 1.80. The summed E-state index contributed by atoms with van der Waals surface area (Å²) in [6.45, 7) is 1.98. The number of phenols is 1. The van der Waals surface area contributed by atoms with Gasteiger partial charge in [-0.1, -0.05) is 23.8 Å². The van der Waals surface area contributed by atoms with Crippen molar-refractivity contribution < 1.29 is 15.0 Å². The van der Waals surface area contributed by atoms with E-state index in [4.69, 9.17) is 5.11 Å². The second-order valence-corrected chi connectivity index (χ2v) is 3.92. The third kappa shape index (κ3) is 1.84. The van der Waals surface area contributed by atoms with Crippen molar-refractivity contribution in [2.45, 2.75) is 13.3 Å². The largest absolute Gasteiger partial charge is 0.508 e. The first-order valence-corrected chi connectivity index (χ1v) is 5.01. The SMILES string of the molecule is CC1=CC=Cc2cc(C(=O)O)cc(O)c2C1. The fraction of sp³-hybridized carbons (Fsp3) is 0.154. The molecule has 2 N–H and O–H groups in total.